The molecule has 1 aliphatic carbocycles. The molecule has 1 saturated carbocycles. The SMILES string of the molecule is Cc1nn(C)c(C)c1C(=O)C1CCC(C)C(C)C1. The number of rotatable bonds is 2. The first-order valence-corrected chi connectivity index (χ1v) is 6.96. The molecule has 0 aromatic carbocycles. The van der Waals surface area contributed by atoms with E-state index in [4.69, 9.17) is 0 Å². The maximum atomic E-state index is 12.7. The van der Waals surface area contributed by atoms with E-state index in [-0.39, 0.29) is 5.92 Å². The van der Waals surface area contributed by atoms with Gasteiger partial charge in [-0.05, 0) is 44.9 Å². The lowest BCUT2D eigenvalue weighted by Gasteiger charge is -2.31. The average molecular weight is 248 g/mol. The maximum absolute atomic E-state index is 12.7. The van der Waals surface area contributed by atoms with Gasteiger partial charge in [-0.15, -0.1) is 0 Å². The van der Waals surface area contributed by atoms with Crippen molar-refractivity contribution in [1.82, 2.24) is 9.78 Å². The lowest BCUT2D eigenvalue weighted by atomic mass is 9.73. The number of nitrogens with zero attached hydrogens (tertiary/aromatic N) is 2. The normalized spacial score (nSPS) is 28.4. The summed E-state index contributed by atoms with van der Waals surface area (Å²) in [6.07, 6.45) is 3.25. The van der Waals surface area contributed by atoms with Crippen LogP contribution in [0.15, 0.2) is 0 Å². The van der Waals surface area contributed by atoms with Crippen molar-refractivity contribution < 1.29 is 4.79 Å². The monoisotopic (exact) mass is 248 g/mol. The van der Waals surface area contributed by atoms with E-state index in [0.717, 1.165) is 35.7 Å². The second kappa shape index (κ2) is 4.87. The van der Waals surface area contributed by atoms with Crippen LogP contribution >= 0.6 is 0 Å². The molecule has 0 spiro atoms. The predicted octanol–water partition coefficient (Wildman–Crippen LogP) is 3.29. The highest BCUT2D eigenvalue weighted by Gasteiger charge is 2.31. The molecule has 2 rings (SSSR count). The Labute approximate surface area is 110 Å². The van der Waals surface area contributed by atoms with Gasteiger partial charge in [-0.3, -0.25) is 9.48 Å². The fourth-order valence-corrected chi connectivity index (χ4v) is 3.12. The summed E-state index contributed by atoms with van der Waals surface area (Å²) in [7, 11) is 1.91. The Morgan fingerprint density at radius 2 is 1.89 bits per heavy atom. The lowest BCUT2D eigenvalue weighted by molar-refractivity contribution is 0.0836. The van der Waals surface area contributed by atoms with Crippen LogP contribution in [0.1, 0.15) is 54.9 Å². The summed E-state index contributed by atoms with van der Waals surface area (Å²) >= 11 is 0. The Bertz CT molecular complexity index is 461. The van der Waals surface area contributed by atoms with Crippen LogP contribution in [0.5, 0.6) is 0 Å². The van der Waals surface area contributed by atoms with Gasteiger partial charge in [0, 0.05) is 18.7 Å². The Balaban J connectivity index is 2.21. The molecule has 1 aliphatic rings. The van der Waals surface area contributed by atoms with E-state index in [1.807, 2.05) is 25.6 Å². The Morgan fingerprint density at radius 1 is 1.22 bits per heavy atom. The van der Waals surface area contributed by atoms with Crippen LogP contribution in [0.3, 0.4) is 0 Å². The zero-order chi connectivity index (χ0) is 13.4. The van der Waals surface area contributed by atoms with Crippen molar-refractivity contribution in [2.45, 2.75) is 47.0 Å². The number of hydrogen-bond acceptors (Lipinski definition) is 2. The minimum absolute atomic E-state index is 0.206. The molecule has 100 valence electrons. The van der Waals surface area contributed by atoms with Crippen LogP contribution in [0, 0.1) is 31.6 Å². The molecule has 1 heterocycles. The topological polar surface area (TPSA) is 34.9 Å². The average Bonchev–Trinajstić information content (AvgIpc) is 2.56. The summed E-state index contributed by atoms with van der Waals surface area (Å²) in [5.41, 5.74) is 2.75. The third-order valence-electron chi connectivity index (χ3n) is 4.72. The van der Waals surface area contributed by atoms with Gasteiger partial charge in [-0.25, -0.2) is 0 Å². The molecule has 0 saturated heterocycles. The van der Waals surface area contributed by atoms with Crippen LogP contribution < -0.4 is 0 Å². The van der Waals surface area contributed by atoms with Crippen molar-refractivity contribution in [2.24, 2.45) is 24.8 Å². The molecule has 1 fully saturated rings. The van der Waals surface area contributed by atoms with Crippen molar-refractivity contribution in [3.05, 3.63) is 17.0 Å². The van der Waals surface area contributed by atoms with E-state index in [1.54, 1.807) is 0 Å². The van der Waals surface area contributed by atoms with Crippen molar-refractivity contribution in [1.29, 1.82) is 0 Å². The van der Waals surface area contributed by atoms with Gasteiger partial charge in [-0.2, -0.15) is 5.10 Å². The minimum atomic E-state index is 0.206. The summed E-state index contributed by atoms with van der Waals surface area (Å²) < 4.78 is 1.82. The number of Topliss-reactive ketones (excluding diaryl/α,β-unsaturated/α-hetero) is 1. The first-order chi connectivity index (χ1) is 8.41. The molecule has 3 nitrogen and oxygen atoms in total. The molecule has 18 heavy (non-hydrogen) atoms. The zero-order valence-corrected chi connectivity index (χ0v) is 12.2. The lowest BCUT2D eigenvalue weighted by Crippen LogP contribution is -2.27. The van der Waals surface area contributed by atoms with Crippen molar-refractivity contribution in [2.75, 3.05) is 0 Å². The first kappa shape index (κ1) is 13.3. The van der Waals surface area contributed by atoms with Gasteiger partial charge in [0.05, 0.1) is 11.3 Å². The summed E-state index contributed by atoms with van der Waals surface area (Å²) in [6.45, 7) is 8.50. The summed E-state index contributed by atoms with van der Waals surface area (Å²) in [5.74, 6) is 1.93. The van der Waals surface area contributed by atoms with E-state index in [9.17, 15) is 4.79 Å². The largest absolute Gasteiger partial charge is 0.294 e. The number of carbonyl (C=O) groups is 1. The van der Waals surface area contributed by atoms with Gasteiger partial charge in [-0.1, -0.05) is 13.8 Å². The molecule has 1 aromatic heterocycles. The van der Waals surface area contributed by atoms with Crippen LogP contribution in [-0.4, -0.2) is 15.6 Å². The highest BCUT2D eigenvalue weighted by atomic mass is 16.1. The Morgan fingerprint density at radius 3 is 2.39 bits per heavy atom. The zero-order valence-electron chi connectivity index (χ0n) is 12.2. The highest BCUT2D eigenvalue weighted by molar-refractivity contribution is 5.99. The summed E-state index contributed by atoms with van der Waals surface area (Å²) in [5, 5.41) is 4.36. The number of ketones is 1. The predicted molar refractivity (Wildman–Crippen MR) is 72.7 cm³/mol. The third-order valence-corrected chi connectivity index (χ3v) is 4.72. The molecular formula is C15H24N2O. The molecule has 0 N–H and O–H groups in total. The van der Waals surface area contributed by atoms with Gasteiger partial charge < -0.3 is 0 Å². The van der Waals surface area contributed by atoms with Gasteiger partial charge >= 0.3 is 0 Å². The first-order valence-electron chi connectivity index (χ1n) is 6.96. The summed E-state index contributed by atoms with van der Waals surface area (Å²) in [6, 6.07) is 0. The molecular weight excluding hydrogens is 224 g/mol. The molecule has 3 unspecified atom stereocenters. The van der Waals surface area contributed by atoms with Crippen LogP contribution in [0.25, 0.3) is 0 Å². The molecule has 0 radical (unpaired) electrons. The number of hydrogen-bond donors (Lipinski definition) is 0. The second-order valence-corrected chi connectivity index (χ2v) is 6.00. The van der Waals surface area contributed by atoms with Crippen molar-refractivity contribution >= 4 is 5.78 Å². The second-order valence-electron chi connectivity index (χ2n) is 6.00. The fraction of sp³-hybridized carbons (Fsp3) is 0.733. The molecule has 1 aromatic rings. The van der Waals surface area contributed by atoms with Crippen LogP contribution in [0.4, 0.5) is 0 Å². The summed E-state index contributed by atoms with van der Waals surface area (Å²) in [4.78, 5) is 12.7. The quantitative estimate of drug-likeness (QED) is 0.753. The standard InChI is InChI=1S/C15H24N2O/c1-9-6-7-13(8-10(9)2)15(18)14-11(3)16-17(5)12(14)4/h9-10,13H,6-8H2,1-5H3. The van der Waals surface area contributed by atoms with E-state index in [2.05, 4.69) is 18.9 Å². The van der Waals surface area contributed by atoms with Crippen LogP contribution in [-0.2, 0) is 7.05 Å². The van der Waals surface area contributed by atoms with E-state index >= 15 is 0 Å². The third kappa shape index (κ3) is 2.23. The van der Waals surface area contributed by atoms with Gasteiger partial charge in [0.25, 0.3) is 0 Å². The Hall–Kier alpha value is -1.12. The minimum Gasteiger partial charge on any atom is -0.294 e. The number of aromatic nitrogens is 2. The number of carbonyl (C=O) groups excluding carboxylic acids is 1. The molecule has 3 atom stereocenters. The highest BCUT2D eigenvalue weighted by Crippen LogP contribution is 2.35. The van der Waals surface area contributed by atoms with Crippen molar-refractivity contribution in [3.8, 4) is 0 Å². The van der Waals surface area contributed by atoms with Gasteiger partial charge in [0.2, 0.25) is 0 Å². The van der Waals surface area contributed by atoms with E-state index < -0.39 is 0 Å². The molecule has 3 heteroatoms. The molecule has 0 aliphatic heterocycles. The molecule has 0 amide bonds. The van der Waals surface area contributed by atoms with Crippen molar-refractivity contribution in [3.63, 3.8) is 0 Å². The van der Waals surface area contributed by atoms with Gasteiger partial charge in [0.1, 0.15) is 0 Å². The maximum Gasteiger partial charge on any atom is 0.169 e. The Kier molecular flexibility index (Phi) is 3.60. The van der Waals surface area contributed by atoms with E-state index in [0.29, 0.717) is 11.7 Å². The van der Waals surface area contributed by atoms with E-state index in [1.165, 1.54) is 6.42 Å². The molecule has 0 bridgehead atoms. The van der Waals surface area contributed by atoms with Crippen LogP contribution in [0.2, 0.25) is 0 Å². The van der Waals surface area contributed by atoms with Gasteiger partial charge in [0.15, 0.2) is 5.78 Å². The number of aryl methyl sites for hydroxylation is 2. The fourth-order valence-electron chi connectivity index (χ4n) is 3.12. The smallest absolute Gasteiger partial charge is 0.169 e.